The lowest BCUT2D eigenvalue weighted by Gasteiger charge is -2.70. The van der Waals surface area contributed by atoms with E-state index in [1.54, 1.807) is 24.3 Å². The molecule has 0 radical (unpaired) electrons. The van der Waals surface area contributed by atoms with Gasteiger partial charge in [-0.15, -0.1) is 0 Å². The molecule has 3 aliphatic rings. The van der Waals surface area contributed by atoms with Gasteiger partial charge in [0.05, 0.1) is 6.10 Å². The summed E-state index contributed by atoms with van der Waals surface area (Å²) < 4.78 is 11.0. The normalized spacial score (nSPS) is 26.6. The summed E-state index contributed by atoms with van der Waals surface area (Å²) in [6.45, 7) is 6.13. The first-order chi connectivity index (χ1) is 12.7. The van der Waals surface area contributed by atoms with Crippen LogP contribution in [0.1, 0.15) is 40.0 Å². The molecule has 7 heteroatoms. The molecule has 3 saturated carbocycles. The van der Waals surface area contributed by atoms with Crippen LogP contribution in [0, 0.1) is 5.92 Å². The first-order valence-corrected chi connectivity index (χ1v) is 9.71. The standard InChI is InChI=1S/C20H27ClN2O4/c1-13(2)14(3)26-8-17(24)22-19-10-20(11-19,12-19)23-18(25)9-27-16-6-4-15(21)5-7-16/h4-7,13-14H,8-12H2,1-3H3,(H,22,24)(H,23,25). The predicted molar refractivity (Wildman–Crippen MR) is 103 cm³/mol. The Hall–Kier alpha value is -1.79. The lowest BCUT2D eigenvalue weighted by Crippen LogP contribution is -2.84. The Labute approximate surface area is 164 Å². The van der Waals surface area contributed by atoms with Crippen LogP contribution >= 0.6 is 11.6 Å². The molecule has 0 heterocycles. The summed E-state index contributed by atoms with van der Waals surface area (Å²) in [4.78, 5) is 24.2. The Morgan fingerprint density at radius 1 is 1.00 bits per heavy atom. The van der Waals surface area contributed by atoms with E-state index < -0.39 is 0 Å². The molecule has 1 unspecified atom stereocenters. The van der Waals surface area contributed by atoms with Gasteiger partial charge in [-0.05, 0) is 56.4 Å². The summed E-state index contributed by atoms with van der Waals surface area (Å²) in [7, 11) is 0. The predicted octanol–water partition coefficient (Wildman–Crippen LogP) is 2.69. The van der Waals surface area contributed by atoms with E-state index in [1.807, 2.05) is 6.92 Å². The molecular formula is C20H27ClN2O4. The van der Waals surface area contributed by atoms with Crippen molar-refractivity contribution in [3.63, 3.8) is 0 Å². The molecule has 2 amide bonds. The van der Waals surface area contributed by atoms with Gasteiger partial charge in [0.15, 0.2) is 6.61 Å². The first-order valence-electron chi connectivity index (χ1n) is 9.33. The fraction of sp³-hybridized carbons (Fsp3) is 0.600. The van der Waals surface area contributed by atoms with Gasteiger partial charge < -0.3 is 20.1 Å². The van der Waals surface area contributed by atoms with E-state index in [9.17, 15) is 9.59 Å². The molecule has 148 valence electrons. The number of nitrogens with one attached hydrogen (secondary N) is 2. The van der Waals surface area contributed by atoms with Gasteiger partial charge in [-0.3, -0.25) is 9.59 Å². The molecule has 2 N–H and O–H groups in total. The number of amides is 2. The van der Waals surface area contributed by atoms with Crippen LogP contribution in [-0.4, -0.2) is 42.2 Å². The van der Waals surface area contributed by atoms with Gasteiger partial charge in [0.25, 0.3) is 5.91 Å². The lowest BCUT2D eigenvalue weighted by molar-refractivity contribution is -0.153. The third kappa shape index (κ3) is 4.74. The molecule has 0 aliphatic heterocycles. The summed E-state index contributed by atoms with van der Waals surface area (Å²) >= 11 is 5.82. The molecule has 1 aromatic carbocycles. The minimum atomic E-state index is -0.195. The number of rotatable bonds is 9. The van der Waals surface area contributed by atoms with Gasteiger partial charge in [0, 0.05) is 16.1 Å². The number of carbonyl (C=O) groups excluding carboxylic acids is 2. The van der Waals surface area contributed by atoms with Crippen molar-refractivity contribution < 1.29 is 19.1 Å². The Kier molecular flexibility index (Phi) is 5.68. The van der Waals surface area contributed by atoms with Crippen molar-refractivity contribution in [1.82, 2.24) is 10.6 Å². The quantitative estimate of drug-likeness (QED) is 0.675. The summed E-state index contributed by atoms with van der Waals surface area (Å²) in [5.74, 6) is 0.736. The fourth-order valence-electron chi connectivity index (χ4n) is 3.80. The molecule has 3 aliphatic carbocycles. The zero-order chi connectivity index (χ0) is 19.7. The summed E-state index contributed by atoms with van der Waals surface area (Å²) in [5.41, 5.74) is -0.369. The van der Waals surface area contributed by atoms with E-state index in [2.05, 4.69) is 24.5 Å². The molecule has 0 aromatic heterocycles. The smallest absolute Gasteiger partial charge is 0.258 e. The Bertz CT molecular complexity index is 685. The largest absolute Gasteiger partial charge is 0.484 e. The second kappa shape index (κ2) is 7.68. The summed E-state index contributed by atoms with van der Waals surface area (Å²) in [6, 6.07) is 6.88. The molecule has 2 bridgehead atoms. The SMILES string of the molecule is CC(C)C(C)OCC(=O)NC12CC(NC(=O)COc3ccc(Cl)cc3)(C1)C2. The maximum Gasteiger partial charge on any atom is 0.258 e. The van der Waals surface area contributed by atoms with E-state index in [4.69, 9.17) is 21.1 Å². The second-order valence-corrected chi connectivity index (χ2v) is 8.63. The van der Waals surface area contributed by atoms with Gasteiger partial charge in [-0.25, -0.2) is 0 Å². The zero-order valence-corrected chi connectivity index (χ0v) is 16.8. The maximum absolute atomic E-state index is 12.1. The van der Waals surface area contributed by atoms with E-state index >= 15 is 0 Å². The van der Waals surface area contributed by atoms with Crippen molar-refractivity contribution in [2.45, 2.75) is 57.2 Å². The lowest BCUT2D eigenvalue weighted by atomic mass is 9.44. The highest BCUT2D eigenvalue weighted by Crippen LogP contribution is 2.60. The summed E-state index contributed by atoms with van der Waals surface area (Å²) in [5, 5.41) is 6.71. The van der Waals surface area contributed by atoms with Crippen LogP contribution in [0.4, 0.5) is 0 Å². The van der Waals surface area contributed by atoms with Crippen molar-refractivity contribution in [3.8, 4) is 5.75 Å². The molecule has 27 heavy (non-hydrogen) atoms. The Balaban J connectivity index is 1.35. The van der Waals surface area contributed by atoms with Crippen LogP contribution in [0.15, 0.2) is 24.3 Å². The fourth-order valence-corrected chi connectivity index (χ4v) is 3.92. The van der Waals surface area contributed by atoms with Crippen LogP contribution in [0.25, 0.3) is 0 Å². The minimum Gasteiger partial charge on any atom is -0.484 e. The van der Waals surface area contributed by atoms with Gasteiger partial charge in [0.2, 0.25) is 5.91 Å². The van der Waals surface area contributed by atoms with Crippen molar-refractivity contribution in [3.05, 3.63) is 29.3 Å². The monoisotopic (exact) mass is 394 g/mol. The molecule has 1 aromatic rings. The average Bonchev–Trinajstić information content (AvgIpc) is 2.56. The van der Waals surface area contributed by atoms with Crippen LogP contribution in [-0.2, 0) is 14.3 Å². The van der Waals surface area contributed by atoms with Crippen LogP contribution in [0.3, 0.4) is 0 Å². The maximum atomic E-state index is 12.1. The molecule has 3 fully saturated rings. The Morgan fingerprint density at radius 3 is 2.04 bits per heavy atom. The van der Waals surface area contributed by atoms with E-state index in [1.165, 1.54) is 0 Å². The van der Waals surface area contributed by atoms with Gasteiger partial charge in [0.1, 0.15) is 12.4 Å². The third-order valence-corrected chi connectivity index (χ3v) is 5.69. The van der Waals surface area contributed by atoms with Crippen molar-refractivity contribution in [2.75, 3.05) is 13.2 Å². The number of ether oxygens (including phenoxy) is 2. The van der Waals surface area contributed by atoms with Gasteiger partial charge in [-0.1, -0.05) is 25.4 Å². The highest BCUT2D eigenvalue weighted by molar-refractivity contribution is 6.30. The molecule has 0 saturated heterocycles. The van der Waals surface area contributed by atoms with Crippen LogP contribution < -0.4 is 15.4 Å². The van der Waals surface area contributed by atoms with Crippen LogP contribution in [0.2, 0.25) is 5.02 Å². The minimum absolute atomic E-state index is 0.0380. The number of halogens is 1. The molecule has 0 spiro atoms. The van der Waals surface area contributed by atoms with Crippen molar-refractivity contribution in [1.29, 1.82) is 0 Å². The first kappa shape index (κ1) is 20.0. The van der Waals surface area contributed by atoms with E-state index in [0.717, 1.165) is 19.3 Å². The summed E-state index contributed by atoms with van der Waals surface area (Å²) in [6.07, 6.45) is 2.34. The molecule has 4 rings (SSSR count). The van der Waals surface area contributed by atoms with Gasteiger partial charge >= 0.3 is 0 Å². The highest BCUT2D eigenvalue weighted by atomic mass is 35.5. The highest BCUT2D eigenvalue weighted by Gasteiger charge is 2.69. The second-order valence-electron chi connectivity index (χ2n) is 8.19. The van der Waals surface area contributed by atoms with E-state index in [-0.39, 0.29) is 42.2 Å². The number of benzene rings is 1. The van der Waals surface area contributed by atoms with Gasteiger partial charge in [-0.2, -0.15) is 0 Å². The number of carbonyl (C=O) groups is 2. The molecule has 6 nitrogen and oxygen atoms in total. The van der Waals surface area contributed by atoms with Crippen LogP contribution in [0.5, 0.6) is 5.75 Å². The Morgan fingerprint density at radius 2 is 1.52 bits per heavy atom. The third-order valence-electron chi connectivity index (χ3n) is 5.44. The van der Waals surface area contributed by atoms with Crippen molar-refractivity contribution >= 4 is 23.4 Å². The zero-order valence-electron chi connectivity index (χ0n) is 16.0. The average molecular weight is 395 g/mol. The number of hydrogen-bond acceptors (Lipinski definition) is 4. The van der Waals surface area contributed by atoms with E-state index in [0.29, 0.717) is 16.7 Å². The number of hydrogen-bond donors (Lipinski definition) is 2. The van der Waals surface area contributed by atoms with Crippen molar-refractivity contribution in [2.24, 2.45) is 5.92 Å². The topological polar surface area (TPSA) is 76.7 Å². The molecular weight excluding hydrogens is 368 g/mol. The molecule has 1 atom stereocenters.